The molecule has 1 aromatic carbocycles. The van der Waals surface area contributed by atoms with Crippen LogP contribution in [0.2, 0.25) is 5.02 Å². The van der Waals surface area contributed by atoms with Crippen LogP contribution >= 0.6 is 23.2 Å². The highest BCUT2D eigenvalue weighted by molar-refractivity contribution is 6.31. The standard InChI is InChI=1S/C13H16Cl2FN/c14-7-6-13(4-5-13)9-17-8-10-2-1-3-11(16)12(10)15/h1-3,17H,4-9H2. The van der Waals surface area contributed by atoms with Crippen LogP contribution in [0.15, 0.2) is 18.2 Å². The zero-order valence-electron chi connectivity index (χ0n) is 9.61. The van der Waals surface area contributed by atoms with E-state index < -0.39 is 0 Å². The Morgan fingerprint density at radius 3 is 2.76 bits per heavy atom. The SMILES string of the molecule is Fc1cccc(CNCC2(CCCl)CC2)c1Cl. The van der Waals surface area contributed by atoms with Crippen molar-refractivity contribution in [1.82, 2.24) is 5.32 Å². The summed E-state index contributed by atoms with van der Waals surface area (Å²) >= 11 is 11.7. The molecule has 1 aliphatic carbocycles. The Morgan fingerprint density at radius 2 is 2.12 bits per heavy atom. The molecule has 0 spiro atoms. The molecule has 0 atom stereocenters. The maximum atomic E-state index is 13.2. The summed E-state index contributed by atoms with van der Waals surface area (Å²) in [6, 6.07) is 4.91. The van der Waals surface area contributed by atoms with E-state index in [9.17, 15) is 4.39 Å². The molecule has 1 fully saturated rings. The largest absolute Gasteiger partial charge is 0.312 e. The van der Waals surface area contributed by atoms with Crippen LogP contribution in [0.25, 0.3) is 0 Å². The Balaban J connectivity index is 1.84. The Kier molecular flexibility index (Phi) is 4.29. The van der Waals surface area contributed by atoms with Gasteiger partial charge in [0, 0.05) is 19.0 Å². The molecule has 0 aliphatic heterocycles. The lowest BCUT2D eigenvalue weighted by Crippen LogP contribution is -2.24. The smallest absolute Gasteiger partial charge is 0.142 e. The highest BCUT2D eigenvalue weighted by Gasteiger charge is 2.41. The van der Waals surface area contributed by atoms with E-state index in [1.807, 2.05) is 6.07 Å². The van der Waals surface area contributed by atoms with Gasteiger partial charge in [-0.1, -0.05) is 23.7 Å². The molecule has 17 heavy (non-hydrogen) atoms. The molecule has 1 saturated carbocycles. The Hall–Kier alpha value is -0.310. The minimum absolute atomic E-state index is 0.224. The van der Waals surface area contributed by atoms with Gasteiger partial charge < -0.3 is 5.32 Å². The third-order valence-corrected chi connectivity index (χ3v) is 4.04. The highest BCUT2D eigenvalue weighted by atomic mass is 35.5. The van der Waals surface area contributed by atoms with Crippen LogP contribution in [0.1, 0.15) is 24.8 Å². The van der Waals surface area contributed by atoms with Gasteiger partial charge >= 0.3 is 0 Å². The summed E-state index contributed by atoms with van der Waals surface area (Å²) in [5.41, 5.74) is 1.20. The van der Waals surface area contributed by atoms with Gasteiger partial charge in [0.15, 0.2) is 0 Å². The van der Waals surface area contributed by atoms with Crippen molar-refractivity contribution < 1.29 is 4.39 Å². The zero-order valence-corrected chi connectivity index (χ0v) is 11.1. The average Bonchev–Trinajstić information content (AvgIpc) is 3.05. The van der Waals surface area contributed by atoms with Gasteiger partial charge in [-0.25, -0.2) is 4.39 Å². The maximum absolute atomic E-state index is 13.2. The summed E-state index contributed by atoms with van der Waals surface area (Å²) in [5.74, 6) is 0.357. The zero-order chi connectivity index (χ0) is 12.3. The summed E-state index contributed by atoms with van der Waals surface area (Å²) < 4.78 is 13.2. The first-order chi connectivity index (χ1) is 8.17. The van der Waals surface area contributed by atoms with Crippen molar-refractivity contribution in [1.29, 1.82) is 0 Å². The third kappa shape index (κ3) is 3.34. The minimum Gasteiger partial charge on any atom is -0.312 e. The van der Waals surface area contributed by atoms with Gasteiger partial charge in [-0.3, -0.25) is 0 Å². The Morgan fingerprint density at radius 1 is 1.35 bits per heavy atom. The van der Waals surface area contributed by atoms with Gasteiger partial charge in [-0.15, -0.1) is 11.6 Å². The van der Waals surface area contributed by atoms with E-state index in [2.05, 4.69) is 5.32 Å². The molecule has 0 radical (unpaired) electrons. The predicted octanol–water partition coefficient (Wildman–Crippen LogP) is 3.98. The molecule has 4 heteroatoms. The fourth-order valence-corrected chi connectivity index (χ4v) is 2.63. The third-order valence-electron chi connectivity index (χ3n) is 3.43. The second-order valence-electron chi connectivity index (χ2n) is 4.76. The molecule has 0 aromatic heterocycles. The molecular weight excluding hydrogens is 260 g/mol. The summed E-state index contributed by atoms with van der Waals surface area (Å²) in [4.78, 5) is 0. The van der Waals surface area contributed by atoms with Crippen LogP contribution in [0, 0.1) is 11.2 Å². The fraction of sp³-hybridized carbons (Fsp3) is 0.538. The molecule has 1 aromatic rings. The molecule has 0 saturated heterocycles. The van der Waals surface area contributed by atoms with E-state index in [1.54, 1.807) is 6.07 Å². The van der Waals surface area contributed by atoms with Crippen LogP contribution in [-0.4, -0.2) is 12.4 Å². The van der Waals surface area contributed by atoms with Crippen molar-refractivity contribution >= 4 is 23.2 Å². The monoisotopic (exact) mass is 275 g/mol. The molecule has 1 N–H and O–H groups in total. The van der Waals surface area contributed by atoms with Gasteiger partial charge in [0.2, 0.25) is 0 Å². The minimum atomic E-state index is -0.354. The number of halogens is 3. The Bertz CT molecular complexity index is 391. The summed E-state index contributed by atoms with van der Waals surface area (Å²) in [5, 5.41) is 3.57. The van der Waals surface area contributed by atoms with Crippen molar-refractivity contribution in [3.05, 3.63) is 34.6 Å². The molecule has 0 unspecified atom stereocenters. The fourth-order valence-electron chi connectivity index (χ4n) is 2.04. The second kappa shape index (κ2) is 5.55. The number of hydrogen-bond donors (Lipinski definition) is 1. The van der Waals surface area contributed by atoms with Gasteiger partial charge in [0.05, 0.1) is 5.02 Å². The van der Waals surface area contributed by atoms with E-state index in [-0.39, 0.29) is 10.8 Å². The average molecular weight is 276 g/mol. The number of benzene rings is 1. The molecular formula is C13H16Cl2FN. The second-order valence-corrected chi connectivity index (χ2v) is 5.51. The van der Waals surface area contributed by atoms with E-state index in [4.69, 9.17) is 23.2 Å². The number of rotatable bonds is 6. The molecule has 0 bridgehead atoms. The lowest BCUT2D eigenvalue weighted by Gasteiger charge is -2.14. The lowest BCUT2D eigenvalue weighted by atomic mass is 10.0. The Labute approximate surface area is 111 Å². The number of hydrogen-bond acceptors (Lipinski definition) is 1. The quantitative estimate of drug-likeness (QED) is 0.775. The summed E-state index contributed by atoms with van der Waals surface area (Å²) in [6.45, 7) is 1.55. The first kappa shape index (κ1) is 13.1. The number of alkyl halides is 1. The van der Waals surface area contributed by atoms with Crippen LogP contribution in [0.4, 0.5) is 4.39 Å². The van der Waals surface area contributed by atoms with E-state index in [1.165, 1.54) is 18.9 Å². The highest BCUT2D eigenvalue weighted by Crippen LogP contribution is 2.48. The first-order valence-electron chi connectivity index (χ1n) is 5.86. The van der Waals surface area contributed by atoms with Crippen molar-refractivity contribution in [2.24, 2.45) is 5.41 Å². The topological polar surface area (TPSA) is 12.0 Å². The molecule has 0 amide bonds. The van der Waals surface area contributed by atoms with E-state index in [0.717, 1.165) is 18.5 Å². The predicted molar refractivity (Wildman–Crippen MR) is 70.1 cm³/mol. The maximum Gasteiger partial charge on any atom is 0.142 e. The molecule has 0 heterocycles. The summed E-state index contributed by atoms with van der Waals surface area (Å²) in [6.07, 6.45) is 3.53. The van der Waals surface area contributed by atoms with Crippen molar-refractivity contribution in [2.75, 3.05) is 12.4 Å². The van der Waals surface area contributed by atoms with Crippen molar-refractivity contribution in [3.8, 4) is 0 Å². The number of nitrogens with one attached hydrogen (secondary N) is 1. The van der Waals surface area contributed by atoms with Crippen molar-refractivity contribution in [2.45, 2.75) is 25.8 Å². The van der Waals surface area contributed by atoms with Gasteiger partial charge in [-0.05, 0) is 36.3 Å². The lowest BCUT2D eigenvalue weighted by molar-refractivity contribution is 0.445. The van der Waals surface area contributed by atoms with Crippen LogP contribution in [-0.2, 0) is 6.54 Å². The van der Waals surface area contributed by atoms with Gasteiger partial charge in [-0.2, -0.15) is 0 Å². The van der Waals surface area contributed by atoms with Gasteiger partial charge in [0.1, 0.15) is 5.82 Å². The van der Waals surface area contributed by atoms with Gasteiger partial charge in [0.25, 0.3) is 0 Å². The first-order valence-corrected chi connectivity index (χ1v) is 6.78. The molecule has 94 valence electrons. The van der Waals surface area contributed by atoms with Crippen LogP contribution in [0.5, 0.6) is 0 Å². The molecule has 1 nitrogen and oxygen atoms in total. The van der Waals surface area contributed by atoms with Crippen molar-refractivity contribution in [3.63, 3.8) is 0 Å². The van der Waals surface area contributed by atoms with Crippen LogP contribution in [0.3, 0.4) is 0 Å². The molecule has 2 rings (SSSR count). The van der Waals surface area contributed by atoms with E-state index in [0.29, 0.717) is 17.8 Å². The normalized spacial score (nSPS) is 17.1. The van der Waals surface area contributed by atoms with E-state index >= 15 is 0 Å². The summed E-state index contributed by atoms with van der Waals surface area (Å²) in [7, 11) is 0. The molecule has 1 aliphatic rings. The van der Waals surface area contributed by atoms with Crippen LogP contribution < -0.4 is 5.32 Å².